The Kier molecular flexibility index (Phi) is 7.89. The summed E-state index contributed by atoms with van der Waals surface area (Å²) in [5.41, 5.74) is 1.15. The zero-order chi connectivity index (χ0) is 22.5. The maximum atomic E-state index is 13.6. The van der Waals surface area contributed by atoms with Crippen LogP contribution in [-0.4, -0.2) is 63.1 Å². The van der Waals surface area contributed by atoms with Gasteiger partial charge in [0.1, 0.15) is 0 Å². The summed E-state index contributed by atoms with van der Waals surface area (Å²) in [6.07, 6.45) is -0.0359. The van der Waals surface area contributed by atoms with E-state index in [0.717, 1.165) is 5.56 Å². The SMILES string of the molecule is COc1cc(C(=O)N2CCO[C@H](CCO)C2c2ccc(Cl)c(Cl)c2)cc(OC)c1OC. The first-order chi connectivity index (χ1) is 14.9. The Morgan fingerprint density at radius 1 is 1.10 bits per heavy atom. The van der Waals surface area contributed by atoms with Crippen LogP contribution in [0.5, 0.6) is 17.2 Å². The number of aliphatic hydroxyl groups excluding tert-OH is 1. The zero-order valence-corrected chi connectivity index (χ0v) is 19.1. The summed E-state index contributed by atoms with van der Waals surface area (Å²) >= 11 is 12.3. The lowest BCUT2D eigenvalue weighted by Crippen LogP contribution is -2.48. The summed E-state index contributed by atoms with van der Waals surface area (Å²) in [6.45, 7) is 0.635. The minimum Gasteiger partial charge on any atom is -0.493 e. The van der Waals surface area contributed by atoms with Crippen molar-refractivity contribution in [1.82, 2.24) is 4.90 Å². The van der Waals surface area contributed by atoms with Crippen molar-refractivity contribution in [3.8, 4) is 17.2 Å². The van der Waals surface area contributed by atoms with Gasteiger partial charge in [0.25, 0.3) is 5.91 Å². The molecule has 1 amide bonds. The van der Waals surface area contributed by atoms with Gasteiger partial charge in [-0.25, -0.2) is 0 Å². The first-order valence-electron chi connectivity index (χ1n) is 9.73. The number of halogens is 2. The van der Waals surface area contributed by atoms with Crippen molar-refractivity contribution < 1.29 is 28.8 Å². The number of carbonyl (C=O) groups is 1. The lowest BCUT2D eigenvalue weighted by molar-refractivity contribution is -0.0686. The van der Waals surface area contributed by atoms with Crippen molar-refractivity contribution in [1.29, 1.82) is 0 Å². The van der Waals surface area contributed by atoms with Gasteiger partial charge in [-0.05, 0) is 36.2 Å². The van der Waals surface area contributed by atoms with Crippen LogP contribution in [0.1, 0.15) is 28.4 Å². The van der Waals surface area contributed by atoms with Gasteiger partial charge in [0, 0.05) is 18.7 Å². The monoisotopic (exact) mass is 469 g/mol. The van der Waals surface area contributed by atoms with E-state index in [1.54, 1.807) is 29.2 Å². The van der Waals surface area contributed by atoms with E-state index in [0.29, 0.717) is 52.4 Å². The van der Waals surface area contributed by atoms with Gasteiger partial charge < -0.3 is 29.0 Å². The highest BCUT2D eigenvalue weighted by Crippen LogP contribution is 2.40. The molecular weight excluding hydrogens is 445 g/mol. The third-order valence-electron chi connectivity index (χ3n) is 5.22. The minimum atomic E-state index is -0.456. The van der Waals surface area contributed by atoms with Crippen molar-refractivity contribution in [2.75, 3.05) is 41.1 Å². The first-order valence-corrected chi connectivity index (χ1v) is 10.5. The van der Waals surface area contributed by atoms with Crippen molar-refractivity contribution in [2.45, 2.75) is 18.6 Å². The third kappa shape index (κ3) is 4.85. The molecule has 0 radical (unpaired) electrons. The second-order valence-corrected chi connectivity index (χ2v) is 7.77. The van der Waals surface area contributed by atoms with Gasteiger partial charge in [0.2, 0.25) is 5.75 Å². The summed E-state index contributed by atoms with van der Waals surface area (Å²) in [6, 6.07) is 8.00. The molecule has 1 saturated heterocycles. The molecule has 1 N–H and O–H groups in total. The normalized spacial score (nSPS) is 18.6. The second-order valence-electron chi connectivity index (χ2n) is 6.95. The Morgan fingerprint density at radius 2 is 1.77 bits per heavy atom. The number of carbonyl (C=O) groups excluding carboxylic acids is 1. The Labute approximate surface area is 191 Å². The van der Waals surface area contributed by atoms with Crippen LogP contribution in [0.3, 0.4) is 0 Å². The Balaban J connectivity index is 2.05. The predicted octanol–water partition coefficient (Wildman–Crippen LogP) is 3.98. The van der Waals surface area contributed by atoms with Gasteiger partial charge in [-0.2, -0.15) is 0 Å². The minimum absolute atomic E-state index is 0.0747. The molecule has 31 heavy (non-hydrogen) atoms. The van der Waals surface area contributed by atoms with Crippen LogP contribution >= 0.6 is 23.2 Å². The molecule has 1 aliphatic rings. The molecule has 2 aromatic carbocycles. The molecule has 1 heterocycles. The summed E-state index contributed by atoms with van der Waals surface area (Å²) in [5, 5.41) is 10.3. The van der Waals surface area contributed by atoms with Crippen molar-refractivity contribution in [3.63, 3.8) is 0 Å². The van der Waals surface area contributed by atoms with Gasteiger partial charge in [-0.15, -0.1) is 0 Å². The van der Waals surface area contributed by atoms with Crippen LogP contribution in [0, 0.1) is 0 Å². The number of nitrogens with zero attached hydrogens (tertiary/aromatic N) is 1. The fraction of sp³-hybridized carbons (Fsp3) is 0.409. The quantitative estimate of drug-likeness (QED) is 0.660. The average Bonchev–Trinajstić information content (AvgIpc) is 2.79. The maximum Gasteiger partial charge on any atom is 0.254 e. The molecule has 1 unspecified atom stereocenters. The fourth-order valence-corrected chi connectivity index (χ4v) is 4.10. The molecule has 0 aromatic heterocycles. The number of morpholine rings is 1. The number of hydrogen-bond acceptors (Lipinski definition) is 6. The highest BCUT2D eigenvalue weighted by atomic mass is 35.5. The summed E-state index contributed by atoms with van der Waals surface area (Å²) in [4.78, 5) is 15.3. The van der Waals surface area contributed by atoms with Crippen molar-refractivity contribution >= 4 is 29.1 Å². The molecule has 3 rings (SSSR count). The van der Waals surface area contributed by atoms with E-state index in [9.17, 15) is 9.90 Å². The van der Waals surface area contributed by atoms with E-state index in [1.807, 2.05) is 6.07 Å². The largest absolute Gasteiger partial charge is 0.493 e. The Hall–Kier alpha value is -2.19. The van der Waals surface area contributed by atoms with E-state index in [2.05, 4.69) is 0 Å². The van der Waals surface area contributed by atoms with Crippen LogP contribution in [0.2, 0.25) is 10.0 Å². The molecule has 7 nitrogen and oxygen atoms in total. The number of benzene rings is 2. The maximum absolute atomic E-state index is 13.6. The molecule has 1 fully saturated rings. The zero-order valence-electron chi connectivity index (χ0n) is 17.6. The smallest absolute Gasteiger partial charge is 0.254 e. The van der Waals surface area contributed by atoms with Crippen molar-refractivity contribution in [3.05, 3.63) is 51.5 Å². The molecule has 0 bridgehead atoms. The van der Waals surface area contributed by atoms with E-state index < -0.39 is 12.1 Å². The average molecular weight is 470 g/mol. The summed E-state index contributed by atoms with van der Waals surface area (Å²) < 4.78 is 22.0. The Bertz CT molecular complexity index is 911. The number of aliphatic hydroxyl groups is 1. The second kappa shape index (κ2) is 10.4. The van der Waals surface area contributed by atoms with E-state index in [4.69, 9.17) is 42.1 Å². The van der Waals surface area contributed by atoms with Gasteiger partial charge in [0.05, 0.1) is 50.1 Å². The standard InChI is InChI=1S/C22H25Cl2NO6/c1-28-18-11-14(12-19(29-2)21(18)30-3)22(27)25-7-9-31-17(6-8-26)20(25)13-4-5-15(23)16(24)10-13/h4-5,10-12,17,20,26H,6-9H2,1-3H3/t17-,20?/m1/s1. The highest BCUT2D eigenvalue weighted by molar-refractivity contribution is 6.42. The molecule has 0 aliphatic carbocycles. The fourth-order valence-electron chi connectivity index (χ4n) is 3.79. The predicted molar refractivity (Wildman–Crippen MR) is 118 cm³/mol. The molecular formula is C22H25Cl2NO6. The van der Waals surface area contributed by atoms with Crippen LogP contribution < -0.4 is 14.2 Å². The van der Waals surface area contributed by atoms with E-state index in [1.165, 1.54) is 21.3 Å². The number of rotatable bonds is 7. The molecule has 0 saturated carbocycles. The molecule has 0 spiro atoms. The third-order valence-corrected chi connectivity index (χ3v) is 5.96. The van der Waals surface area contributed by atoms with Gasteiger partial charge in [0.15, 0.2) is 11.5 Å². The number of ether oxygens (including phenoxy) is 4. The lowest BCUT2D eigenvalue weighted by atomic mass is 9.95. The summed E-state index contributed by atoms with van der Waals surface area (Å²) in [5.74, 6) is 0.942. The first kappa shape index (κ1) is 23.5. The topological polar surface area (TPSA) is 77.5 Å². The van der Waals surface area contributed by atoms with E-state index in [-0.39, 0.29) is 12.5 Å². The number of hydrogen-bond donors (Lipinski definition) is 1. The molecule has 168 valence electrons. The van der Waals surface area contributed by atoms with Crippen LogP contribution in [0.25, 0.3) is 0 Å². The molecule has 2 atom stereocenters. The van der Waals surface area contributed by atoms with Crippen LogP contribution in [-0.2, 0) is 4.74 Å². The molecule has 9 heteroatoms. The van der Waals surface area contributed by atoms with Gasteiger partial charge >= 0.3 is 0 Å². The molecule has 2 aromatic rings. The number of amides is 1. The van der Waals surface area contributed by atoms with E-state index >= 15 is 0 Å². The molecule has 1 aliphatic heterocycles. The number of methoxy groups -OCH3 is 3. The highest BCUT2D eigenvalue weighted by Gasteiger charge is 2.37. The van der Waals surface area contributed by atoms with Crippen LogP contribution in [0.4, 0.5) is 0 Å². The summed E-state index contributed by atoms with van der Waals surface area (Å²) in [7, 11) is 4.50. The van der Waals surface area contributed by atoms with Crippen LogP contribution in [0.15, 0.2) is 30.3 Å². The van der Waals surface area contributed by atoms with Crippen molar-refractivity contribution in [2.24, 2.45) is 0 Å². The van der Waals surface area contributed by atoms with Gasteiger partial charge in [-0.1, -0.05) is 29.3 Å². The Morgan fingerprint density at radius 3 is 2.32 bits per heavy atom. The van der Waals surface area contributed by atoms with Gasteiger partial charge in [-0.3, -0.25) is 4.79 Å². The lowest BCUT2D eigenvalue weighted by Gasteiger charge is -2.41.